The Kier molecular flexibility index (Phi) is 8.31. The van der Waals surface area contributed by atoms with E-state index in [1.165, 1.54) is 0 Å². The number of carbonyl (C=O) groups excluding carboxylic acids is 1. The van der Waals surface area contributed by atoms with E-state index in [1.54, 1.807) is 20.3 Å². The molecule has 1 fully saturated rings. The van der Waals surface area contributed by atoms with Crippen LogP contribution in [0.1, 0.15) is 37.5 Å². The molecule has 3 rings (SSSR count). The molecule has 2 aromatic rings. The van der Waals surface area contributed by atoms with Gasteiger partial charge in [0.05, 0.1) is 20.3 Å². The van der Waals surface area contributed by atoms with Crippen LogP contribution >= 0.6 is 0 Å². The molecule has 1 amide bonds. The van der Waals surface area contributed by atoms with Gasteiger partial charge in [-0.05, 0) is 31.5 Å². The van der Waals surface area contributed by atoms with Gasteiger partial charge < -0.3 is 19.3 Å². The van der Waals surface area contributed by atoms with E-state index in [0.717, 1.165) is 69.0 Å². The second-order valence-corrected chi connectivity index (χ2v) is 7.96. The van der Waals surface area contributed by atoms with Crippen LogP contribution in [0.2, 0.25) is 0 Å². The molecule has 170 valence electrons. The first kappa shape index (κ1) is 23.1. The molecule has 1 saturated heterocycles. The fourth-order valence-corrected chi connectivity index (χ4v) is 3.99. The third-order valence-electron chi connectivity index (χ3n) is 5.74. The van der Waals surface area contributed by atoms with Crippen LogP contribution < -0.4 is 14.8 Å². The van der Waals surface area contributed by atoms with Gasteiger partial charge in [0, 0.05) is 44.4 Å². The van der Waals surface area contributed by atoms with Crippen molar-refractivity contribution in [2.24, 2.45) is 0 Å². The van der Waals surface area contributed by atoms with Crippen molar-refractivity contribution < 1.29 is 18.8 Å². The zero-order valence-corrected chi connectivity index (χ0v) is 19.0. The molecule has 1 aromatic heterocycles. The van der Waals surface area contributed by atoms with Crippen LogP contribution in [0.4, 0.5) is 5.82 Å². The molecule has 0 bridgehead atoms. The summed E-state index contributed by atoms with van der Waals surface area (Å²) in [6.07, 6.45) is 2.91. The second kappa shape index (κ2) is 11.2. The number of rotatable bonds is 10. The fraction of sp³-hybridized carbons (Fsp3) is 0.565. The Labute approximate surface area is 184 Å². The Hall–Kier alpha value is -2.58. The van der Waals surface area contributed by atoms with Crippen LogP contribution in [0, 0.1) is 6.92 Å². The topological polar surface area (TPSA) is 80.1 Å². The molecule has 8 nitrogen and oxygen atoms in total. The standard InChI is InChI=1S/C23H34N4O4/c1-5-6-7-20(23(28)24-22-14-17(2)31-25-22)27-12-10-26(11-13-27)16-18-15-19(29-3)8-9-21(18)30-4/h8-9,14-15,20H,5-7,10-13,16H2,1-4H3,(H,24,25,28). The zero-order chi connectivity index (χ0) is 22.2. The van der Waals surface area contributed by atoms with Gasteiger partial charge in [0.1, 0.15) is 17.3 Å². The van der Waals surface area contributed by atoms with Gasteiger partial charge in [-0.25, -0.2) is 0 Å². The maximum atomic E-state index is 13.0. The second-order valence-electron chi connectivity index (χ2n) is 7.96. The van der Waals surface area contributed by atoms with Crippen molar-refractivity contribution in [1.82, 2.24) is 15.0 Å². The number of anilines is 1. The van der Waals surface area contributed by atoms with E-state index in [4.69, 9.17) is 14.0 Å². The van der Waals surface area contributed by atoms with E-state index in [-0.39, 0.29) is 11.9 Å². The number of unbranched alkanes of at least 4 members (excludes halogenated alkanes) is 1. The van der Waals surface area contributed by atoms with Crippen molar-refractivity contribution >= 4 is 11.7 Å². The summed E-state index contributed by atoms with van der Waals surface area (Å²) < 4.78 is 16.0. The first-order valence-corrected chi connectivity index (χ1v) is 11.0. The number of aromatic nitrogens is 1. The number of aryl methyl sites for hydroxylation is 1. The number of piperazine rings is 1. The van der Waals surface area contributed by atoms with Gasteiger partial charge in [-0.3, -0.25) is 14.6 Å². The SMILES string of the molecule is CCCCC(C(=O)Nc1cc(C)on1)N1CCN(Cc2cc(OC)ccc2OC)CC1. The van der Waals surface area contributed by atoms with Gasteiger partial charge in [0.2, 0.25) is 5.91 Å². The van der Waals surface area contributed by atoms with Crippen LogP contribution in [-0.2, 0) is 11.3 Å². The first-order valence-electron chi connectivity index (χ1n) is 11.0. The van der Waals surface area contributed by atoms with Gasteiger partial charge in [0.15, 0.2) is 5.82 Å². The van der Waals surface area contributed by atoms with E-state index in [2.05, 4.69) is 27.2 Å². The molecule has 1 unspecified atom stereocenters. The lowest BCUT2D eigenvalue weighted by molar-refractivity contribution is -0.122. The minimum Gasteiger partial charge on any atom is -0.497 e. The summed E-state index contributed by atoms with van der Waals surface area (Å²) >= 11 is 0. The Balaban J connectivity index is 1.60. The highest BCUT2D eigenvalue weighted by Crippen LogP contribution is 2.26. The summed E-state index contributed by atoms with van der Waals surface area (Å²) in [4.78, 5) is 17.7. The molecule has 1 aliphatic rings. The van der Waals surface area contributed by atoms with Gasteiger partial charge in [-0.15, -0.1) is 0 Å². The first-order chi connectivity index (χ1) is 15.0. The van der Waals surface area contributed by atoms with Gasteiger partial charge >= 0.3 is 0 Å². The Morgan fingerprint density at radius 3 is 2.58 bits per heavy atom. The predicted octanol–water partition coefficient (Wildman–Crippen LogP) is 3.32. The molecule has 1 aliphatic heterocycles. The lowest BCUT2D eigenvalue weighted by Gasteiger charge is -2.38. The van der Waals surface area contributed by atoms with Crippen LogP contribution in [0.15, 0.2) is 28.8 Å². The Bertz CT molecular complexity index is 846. The van der Waals surface area contributed by atoms with Crippen molar-refractivity contribution in [3.63, 3.8) is 0 Å². The highest BCUT2D eigenvalue weighted by Gasteiger charge is 2.29. The molecule has 0 radical (unpaired) electrons. The van der Waals surface area contributed by atoms with E-state index < -0.39 is 0 Å². The summed E-state index contributed by atoms with van der Waals surface area (Å²) in [6, 6.07) is 7.47. The molecule has 1 atom stereocenters. The maximum Gasteiger partial charge on any atom is 0.242 e. The molecular formula is C23H34N4O4. The van der Waals surface area contributed by atoms with Crippen molar-refractivity contribution in [3.8, 4) is 11.5 Å². The normalized spacial score (nSPS) is 16.1. The summed E-state index contributed by atoms with van der Waals surface area (Å²) in [6.45, 7) is 8.21. The number of hydrogen-bond donors (Lipinski definition) is 1. The van der Waals surface area contributed by atoms with Crippen molar-refractivity contribution in [2.45, 2.75) is 45.7 Å². The number of amides is 1. The third kappa shape index (κ3) is 6.21. The lowest BCUT2D eigenvalue weighted by atomic mass is 10.1. The van der Waals surface area contributed by atoms with Crippen LogP contribution in [0.25, 0.3) is 0 Å². The maximum absolute atomic E-state index is 13.0. The van der Waals surface area contributed by atoms with Gasteiger partial charge in [-0.2, -0.15) is 0 Å². The molecule has 0 aliphatic carbocycles. The molecule has 1 aromatic carbocycles. The fourth-order valence-electron chi connectivity index (χ4n) is 3.99. The quantitative estimate of drug-likeness (QED) is 0.619. The molecule has 8 heteroatoms. The van der Waals surface area contributed by atoms with Gasteiger partial charge in [0.25, 0.3) is 0 Å². The van der Waals surface area contributed by atoms with Crippen molar-refractivity contribution in [3.05, 3.63) is 35.6 Å². The number of hydrogen-bond acceptors (Lipinski definition) is 7. The van der Waals surface area contributed by atoms with E-state index >= 15 is 0 Å². The minimum absolute atomic E-state index is 0.00957. The van der Waals surface area contributed by atoms with Crippen molar-refractivity contribution in [2.75, 3.05) is 45.7 Å². The largest absolute Gasteiger partial charge is 0.497 e. The van der Waals surface area contributed by atoms with Crippen LogP contribution in [0.3, 0.4) is 0 Å². The van der Waals surface area contributed by atoms with Crippen LogP contribution in [0.5, 0.6) is 11.5 Å². The zero-order valence-electron chi connectivity index (χ0n) is 19.0. The minimum atomic E-state index is -0.162. The Morgan fingerprint density at radius 1 is 1.19 bits per heavy atom. The third-order valence-corrected chi connectivity index (χ3v) is 5.74. The number of nitrogens with one attached hydrogen (secondary N) is 1. The summed E-state index contributed by atoms with van der Waals surface area (Å²) in [5.74, 6) is 2.85. The van der Waals surface area contributed by atoms with Gasteiger partial charge in [-0.1, -0.05) is 24.9 Å². The van der Waals surface area contributed by atoms with Crippen molar-refractivity contribution in [1.29, 1.82) is 0 Å². The summed E-state index contributed by atoms with van der Waals surface area (Å²) in [7, 11) is 3.36. The molecule has 2 heterocycles. The lowest BCUT2D eigenvalue weighted by Crippen LogP contribution is -2.53. The Morgan fingerprint density at radius 2 is 1.97 bits per heavy atom. The molecule has 0 spiro atoms. The molecule has 31 heavy (non-hydrogen) atoms. The number of nitrogens with zero attached hydrogens (tertiary/aromatic N) is 3. The monoisotopic (exact) mass is 430 g/mol. The van der Waals surface area contributed by atoms with E-state index in [1.807, 2.05) is 25.1 Å². The number of carbonyl (C=O) groups is 1. The van der Waals surface area contributed by atoms with E-state index in [9.17, 15) is 4.79 Å². The molecule has 0 saturated carbocycles. The van der Waals surface area contributed by atoms with Crippen LogP contribution in [-0.4, -0.2) is 67.3 Å². The highest BCUT2D eigenvalue weighted by atomic mass is 16.5. The average Bonchev–Trinajstić information content (AvgIpc) is 3.19. The average molecular weight is 431 g/mol. The summed E-state index contributed by atoms with van der Waals surface area (Å²) in [5, 5.41) is 6.82. The predicted molar refractivity (Wildman–Crippen MR) is 120 cm³/mol. The number of ether oxygens (including phenoxy) is 2. The molecular weight excluding hydrogens is 396 g/mol. The number of methoxy groups -OCH3 is 2. The number of benzene rings is 1. The molecule has 1 N–H and O–H groups in total. The highest BCUT2D eigenvalue weighted by molar-refractivity contribution is 5.94. The smallest absolute Gasteiger partial charge is 0.242 e. The summed E-state index contributed by atoms with van der Waals surface area (Å²) in [5.41, 5.74) is 1.11. The van der Waals surface area contributed by atoms with E-state index in [0.29, 0.717) is 11.6 Å².